The zero-order valence-corrected chi connectivity index (χ0v) is 13.8. The number of halogens is 1. The number of carbonyl (C=O) groups is 2. The summed E-state index contributed by atoms with van der Waals surface area (Å²) in [5.74, 6) is -0.115. The van der Waals surface area contributed by atoms with Crippen LogP contribution in [-0.4, -0.2) is 29.9 Å². The number of Topliss-reactive ketones (excluding diaryl/α,β-unsaturated/α-hetero) is 1. The minimum Gasteiger partial charge on any atom is -0.478 e. The average Bonchev–Trinajstić information content (AvgIpc) is 2.61. The number of carbonyl (C=O) groups excluding carboxylic acids is 2. The van der Waals surface area contributed by atoms with Crippen molar-refractivity contribution in [3.05, 3.63) is 53.5 Å². The quantitative estimate of drug-likeness (QED) is 0.926. The van der Waals surface area contributed by atoms with Crippen LogP contribution in [0, 0.1) is 5.82 Å². The van der Waals surface area contributed by atoms with Crippen LogP contribution >= 0.6 is 0 Å². The van der Waals surface area contributed by atoms with Gasteiger partial charge in [0.15, 0.2) is 5.78 Å². The Labute approximate surface area is 144 Å². The molecular weight excluding hydrogens is 325 g/mol. The maximum atomic E-state index is 13.2. The molecule has 1 aromatic carbocycles. The van der Waals surface area contributed by atoms with Crippen molar-refractivity contribution in [1.82, 2.24) is 10.3 Å². The summed E-state index contributed by atoms with van der Waals surface area (Å²) < 4.78 is 18.5. The van der Waals surface area contributed by atoms with Crippen molar-refractivity contribution in [1.29, 1.82) is 0 Å². The SMILES string of the molecule is CCOc1ccc2c(n1)C(=O)CCN2C(=O)NCc1cccc(F)c1. The van der Waals surface area contributed by atoms with E-state index in [0.29, 0.717) is 23.7 Å². The first-order chi connectivity index (χ1) is 12.1. The molecule has 3 rings (SSSR count). The Balaban J connectivity index is 1.76. The van der Waals surface area contributed by atoms with E-state index in [1.807, 2.05) is 6.92 Å². The lowest BCUT2D eigenvalue weighted by molar-refractivity contribution is 0.0974. The number of benzene rings is 1. The summed E-state index contributed by atoms with van der Waals surface area (Å²) in [6.45, 7) is 2.74. The summed E-state index contributed by atoms with van der Waals surface area (Å²) in [4.78, 5) is 30.3. The molecule has 1 aromatic heterocycles. The number of nitrogens with zero attached hydrogens (tertiary/aromatic N) is 2. The van der Waals surface area contributed by atoms with E-state index in [4.69, 9.17) is 4.74 Å². The van der Waals surface area contributed by atoms with Crippen LogP contribution in [0.1, 0.15) is 29.4 Å². The lowest BCUT2D eigenvalue weighted by Crippen LogP contribution is -2.44. The second-order valence-electron chi connectivity index (χ2n) is 5.56. The van der Waals surface area contributed by atoms with E-state index in [2.05, 4.69) is 10.3 Å². The summed E-state index contributed by atoms with van der Waals surface area (Å²) in [6.07, 6.45) is 0.197. The minimum absolute atomic E-state index is 0.120. The van der Waals surface area contributed by atoms with E-state index < -0.39 is 0 Å². The Morgan fingerprint density at radius 2 is 2.20 bits per heavy atom. The topological polar surface area (TPSA) is 71.5 Å². The highest BCUT2D eigenvalue weighted by molar-refractivity contribution is 6.07. The Hall–Kier alpha value is -2.96. The van der Waals surface area contributed by atoms with Gasteiger partial charge in [0.05, 0.1) is 12.3 Å². The van der Waals surface area contributed by atoms with Gasteiger partial charge in [-0.15, -0.1) is 0 Å². The van der Waals surface area contributed by atoms with Gasteiger partial charge in [0.2, 0.25) is 5.88 Å². The number of pyridine rings is 1. The molecule has 0 radical (unpaired) electrons. The molecule has 0 saturated heterocycles. The highest BCUT2D eigenvalue weighted by atomic mass is 19.1. The van der Waals surface area contributed by atoms with Crippen LogP contribution in [0.25, 0.3) is 0 Å². The lowest BCUT2D eigenvalue weighted by atomic mass is 10.1. The fourth-order valence-corrected chi connectivity index (χ4v) is 2.67. The number of ether oxygens (including phenoxy) is 1. The third kappa shape index (κ3) is 3.76. The molecule has 130 valence electrons. The first kappa shape index (κ1) is 16.9. The Bertz CT molecular complexity index is 810. The van der Waals surface area contributed by atoms with E-state index in [0.717, 1.165) is 0 Å². The maximum absolute atomic E-state index is 13.2. The molecule has 0 unspecified atom stereocenters. The lowest BCUT2D eigenvalue weighted by Gasteiger charge is -2.28. The monoisotopic (exact) mass is 343 g/mol. The van der Waals surface area contributed by atoms with Crippen molar-refractivity contribution >= 4 is 17.5 Å². The van der Waals surface area contributed by atoms with Crippen molar-refractivity contribution in [2.45, 2.75) is 19.9 Å². The number of ketones is 1. The number of rotatable bonds is 4. The second kappa shape index (κ2) is 7.29. The van der Waals surface area contributed by atoms with Crippen LogP contribution in [0.4, 0.5) is 14.9 Å². The van der Waals surface area contributed by atoms with Crippen LogP contribution in [0.3, 0.4) is 0 Å². The summed E-state index contributed by atoms with van der Waals surface area (Å²) in [6, 6.07) is 8.96. The summed E-state index contributed by atoms with van der Waals surface area (Å²) in [5, 5.41) is 2.74. The summed E-state index contributed by atoms with van der Waals surface area (Å²) in [5.41, 5.74) is 1.35. The fourth-order valence-electron chi connectivity index (χ4n) is 2.67. The third-order valence-electron chi connectivity index (χ3n) is 3.84. The molecule has 2 heterocycles. The predicted molar refractivity (Wildman–Crippen MR) is 90.3 cm³/mol. The van der Waals surface area contributed by atoms with Gasteiger partial charge in [-0.05, 0) is 30.7 Å². The van der Waals surface area contributed by atoms with Crippen LogP contribution in [0.2, 0.25) is 0 Å². The standard InChI is InChI=1S/C18H18FN3O3/c1-2-25-16-7-6-14-17(21-16)15(23)8-9-22(14)18(24)20-11-12-4-3-5-13(19)10-12/h3-7,10H,2,8-9,11H2,1H3,(H,20,24). The number of hydrogen-bond acceptors (Lipinski definition) is 4. The van der Waals surface area contributed by atoms with Gasteiger partial charge in [-0.25, -0.2) is 14.2 Å². The molecule has 2 amide bonds. The van der Waals surface area contributed by atoms with E-state index in [1.54, 1.807) is 24.3 Å². The van der Waals surface area contributed by atoms with Gasteiger partial charge in [-0.3, -0.25) is 9.69 Å². The largest absolute Gasteiger partial charge is 0.478 e. The highest BCUT2D eigenvalue weighted by Gasteiger charge is 2.29. The van der Waals surface area contributed by atoms with Gasteiger partial charge < -0.3 is 10.1 Å². The predicted octanol–water partition coefficient (Wildman–Crippen LogP) is 2.92. The number of nitrogens with one attached hydrogen (secondary N) is 1. The molecule has 1 aliphatic rings. The first-order valence-electron chi connectivity index (χ1n) is 8.05. The zero-order chi connectivity index (χ0) is 17.8. The molecule has 25 heavy (non-hydrogen) atoms. The summed E-state index contributed by atoms with van der Waals surface area (Å²) in [7, 11) is 0. The smallest absolute Gasteiger partial charge is 0.322 e. The molecule has 0 aliphatic carbocycles. The fraction of sp³-hybridized carbons (Fsp3) is 0.278. The average molecular weight is 343 g/mol. The van der Waals surface area contributed by atoms with Gasteiger partial charge in [0.25, 0.3) is 0 Å². The van der Waals surface area contributed by atoms with Gasteiger partial charge in [-0.1, -0.05) is 12.1 Å². The van der Waals surface area contributed by atoms with Crippen molar-refractivity contribution in [3.63, 3.8) is 0 Å². The Kier molecular flexibility index (Phi) is 4.92. The van der Waals surface area contributed by atoms with Crippen LogP contribution in [0.15, 0.2) is 36.4 Å². The first-order valence-corrected chi connectivity index (χ1v) is 8.05. The molecule has 0 bridgehead atoms. The van der Waals surface area contributed by atoms with Crippen LogP contribution in [0.5, 0.6) is 5.88 Å². The van der Waals surface area contributed by atoms with Gasteiger partial charge in [-0.2, -0.15) is 0 Å². The number of aromatic nitrogens is 1. The Morgan fingerprint density at radius 1 is 1.36 bits per heavy atom. The molecule has 0 spiro atoms. The molecular formula is C18H18FN3O3. The van der Waals surface area contributed by atoms with E-state index in [-0.39, 0.29) is 42.8 Å². The van der Waals surface area contributed by atoms with Crippen LogP contribution in [-0.2, 0) is 6.54 Å². The molecule has 0 fully saturated rings. The minimum atomic E-state index is -0.357. The van der Waals surface area contributed by atoms with Crippen LogP contribution < -0.4 is 15.0 Å². The highest BCUT2D eigenvalue weighted by Crippen LogP contribution is 2.28. The van der Waals surface area contributed by atoms with Crippen molar-refractivity contribution in [2.75, 3.05) is 18.1 Å². The number of hydrogen-bond donors (Lipinski definition) is 1. The number of urea groups is 1. The van der Waals surface area contributed by atoms with E-state index in [1.165, 1.54) is 17.0 Å². The van der Waals surface area contributed by atoms with Gasteiger partial charge in [0, 0.05) is 25.6 Å². The van der Waals surface area contributed by atoms with Crippen molar-refractivity contribution < 1.29 is 18.7 Å². The molecule has 6 nitrogen and oxygen atoms in total. The molecule has 7 heteroatoms. The van der Waals surface area contributed by atoms with Crippen molar-refractivity contribution in [3.8, 4) is 5.88 Å². The second-order valence-corrected chi connectivity index (χ2v) is 5.56. The molecule has 0 atom stereocenters. The molecule has 0 saturated carbocycles. The normalized spacial score (nSPS) is 13.4. The zero-order valence-electron chi connectivity index (χ0n) is 13.8. The number of amides is 2. The van der Waals surface area contributed by atoms with E-state index in [9.17, 15) is 14.0 Å². The number of fused-ring (bicyclic) bond motifs is 1. The molecule has 1 N–H and O–H groups in total. The third-order valence-corrected chi connectivity index (χ3v) is 3.84. The van der Waals surface area contributed by atoms with Gasteiger partial charge >= 0.3 is 6.03 Å². The number of anilines is 1. The molecule has 2 aromatic rings. The maximum Gasteiger partial charge on any atom is 0.322 e. The van der Waals surface area contributed by atoms with Crippen molar-refractivity contribution in [2.24, 2.45) is 0 Å². The molecule has 1 aliphatic heterocycles. The Morgan fingerprint density at radius 3 is 2.96 bits per heavy atom. The van der Waals surface area contributed by atoms with E-state index >= 15 is 0 Å². The summed E-state index contributed by atoms with van der Waals surface area (Å²) >= 11 is 0. The van der Waals surface area contributed by atoms with Gasteiger partial charge in [0.1, 0.15) is 11.5 Å².